The van der Waals surface area contributed by atoms with E-state index in [0.29, 0.717) is 56.5 Å². The normalized spacial score (nSPS) is 20.8. The van der Waals surface area contributed by atoms with Gasteiger partial charge in [-0.15, -0.1) is 0 Å². The van der Waals surface area contributed by atoms with Gasteiger partial charge in [0.2, 0.25) is 0 Å². The highest BCUT2D eigenvalue weighted by atomic mass is 16.5. The molecule has 1 aromatic heterocycles. The Kier molecular flexibility index (Phi) is 7.72. The molecule has 4 rings (SSSR count). The molecule has 2 heterocycles. The third-order valence-electron chi connectivity index (χ3n) is 6.12. The Hall–Kier alpha value is -3.07. The molecule has 182 valence electrons. The van der Waals surface area contributed by atoms with E-state index >= 15 is 0 Å². The molecule has 1 aliphatic heterocycles. The minimum Gasteiger partial charge on any atom is -0.493 e. The third-order valence-corrected chi connectivity index (χ3v) is 6.12. The van der Waals surface area contributed by atoms with Crippen molar-refractivity contribution in [1.29, 1.82) is 0 Å². The molecule has 0 aliphatic carbocycles. The maximum atomic E-state index is 11.2. The van der Waals surface area contributed by atoms with E-state index in [2.05, 4.69) is 9.88 Å². The van der Waals surface area contributed by atoms with Gasteiger partial charge in [-0.3, -0.25) is 4.90 Å². The van der Waals surface area contributed by atoms with Crippen LogP contribution in [0.2, 0.25) is 0 Å². The van der Waals surface area contributed by atoms with E-state index in [4.69, 9.17) is 14.2 Å². The van der Waals surface area contributed by atoms with Crippen LogP contribution in [0.25, 0.3) is 0 Å². The Bertz CT molecular complexity index is 1060. The number of rotatable bonds is 10. The molecule has 0 amide bonds. The number of aryl methyl sites for hydroxylation is 1. The predicted octanol–water partition coefficient (Wildman–Crippen LogP) is 2.66. The maximum absolute atomic E-state index is 11.2. The van der Waals surface area contributed by atoms with Gasteiger partial charge in [0.15, 0.2) is 11.5 Å². The molecule has 34 heavy (non-hydrogen) atoms. The molecule has 8 nitrogen and oxygen atoms in total. The van der Waals surface area contributed by atoms with Crippen LogP contribution < -0.4 is 14.2 Å². The van der Waals surface area contributed by atoms with Crippen LogP contribution in [-0.2, 0) is 13.1 Å². The van der Waals surface area contributed by atoms with Crippen LogP contribution in [0.15, 0.2) is 61.2 Å². The SMILES string of the molecule is COc1ccc(CN2CC[C@H](O)[C@@](O)(COc3cccc(C)c3)C2)cc1OCCn1ccnc1. The molecule has 0 bridgehead atoms. The lowest BCUT2D eigenvalue weighted by Gasteiger charge is -2.42. The Morgan fingerprint density at radius 2 is 2.03 bits per heavy atom. The summed E-state index contributed by atoms with van der Waals surface area (Å²) in [7, 11) is 1.62. The van der Waals surface area contributed by atoms with E-state index in [0.717, 1.165) is 11.1 Å². The first-order valence-electron chi connectivity index (χ1n) is 11.5. The van der Waals surface area contributed by atoms with Crippen LogP contribution in [-0.4, -0.2) is 69.8 Å². The number of nitrogens with zero attached hydrogens (tertiary/aromatic N) is 3. The van der Waals surface area contributed by atoms with Crippen LogP contribution in [0.4, 0.5) is 0 Å². The number of imidazole rings is 1. The lowest BCUT2D eigenvalue weighted by molar-refractivity contribution is -0.140. The highest BCUT2D eigenvalue weighted by Crippen LogP contribution is 2.30. The Labute approximate surface area is 200 Å². The largest absolute Gasteiger partial charge is 0.493 e. The summed E-state index contributed by atoms with van der Waals surface area (Å²) in [6, 6.07) is 13.5. The molecule has 1 fully saturated rings. The van der Waals surface area contributed by atoms with Gasteiger partial charge in [0.05, 0.1) is 26.1 Å². The number of aromatic nitrogens is 2. The number of likely N-dealkylation sites (tertiary alicyclic amines) is 1. The first kappa shape index (κ1) is 24.1. The summed E-state index contributed by atoms with van der Waals surface area (Å²) in [6.07, 6.45) is 5.02. The van der Waals surface area contributed by atoms with Crippen molar-refractivity contribution in [1.82, 2.24) is 14.5 Å². The molecule has 0 unspecified atom stereocenters. The van der Waals surface area contributed by atoms with Crippen LogP contribution in [0.5, 0.6) is 17.2 Å². The molecule has 0 spiro atoms. The molecule has 2 aromatic carbocycles. The average molecular weight is 468 g/mol. The summed E-state index contributed by atoms with van der Waals surface area (Å²) in [5, 5.41) is 21.7. The quantitative estimate of drug-likeness (QED) is 0.474. The molecule has 2 N–H and O–H groups in total. The van der Waals surface area contributed by atoms with Crippen molar-refractivity contribution >= 4 is 0 Å². The smallest absolute Gasteiger partial charge is 0.161 e. The lowest BCUT2D eigenvalue weighted by Crippen LogP contribution is -2.59. The number of hydrogen-bond donors (Lipinski definition) is 2. The molecular weight excluding hydrogens is 434 g/mol. The van der Waals surface area contributed by atoms with Gasteiger partial charge in [0, 0.05) is 32.0 Å². The number of piperidine rings is 1. The number of β-amino-alcohol motifs (C(OH)–C–C–N with tert-alkyl or cyclic N) is 1. The number of ether oxygens (including phenoxy) is 3. The number of hydrogen-bond acceptors (Lipinski definition) is 7. The van der Waals surface area contributed by atoms with E-state index in [1.165, 1.54) is 0 Å². The summed E-state index contributed by atoms with van der Waals surface area (Å²) in [6.45, 7) is 4.79. The summed E-state index contributed by atoms with van der Waals surface area (Å²) >= 11 is 0. The van der Waals surface area contributed by atoms with Gasteiger partial charge in [0.25, 0.3) is 0 Å². The molecule has 2 atom stereocenters. The van der Waals surface area contributed by atoms with Gasteiger partial charge < -0.3 is 29.0 Å². The van der Waals surface area contributed by atoms with Crippen molar-refractivity contribution in [2.45, 2.75) is 38.1 Å². The molecule has 3 aromatic rings. The number of benzene rings is 2. The fraction of sp³-hybridized carbons (Fsp3) is 0.423. The van der Waals surface area contributed by atoms with Crippen molar-refractivity contribution < 1.29 is 24.4 Å². The minimum absolute atomic E-state index is 0.0271. The number of aliphatic hydroxyl groups excluding tert-OH is 1. The Morgan fingerprint density at radius 3 is 2.79 bits per heavy atom. The van der Waals surface area contributed by atoms with E-state index in [-0.39, 0.29) is 6.61 Å². The van der Waals surface area contributed by atoms with Gasteiger partial charge in [-0.05, 0) is 48.7 Å². The standard InChI is InChI=1S/C26H33N3O5/c1-20-4-3-5-22(14-20)34-18-26(31)17-29(10-8-25(26)30)16-21-6-7-23(32-2)24(15-21)33-13-12-28-11-9-27-19-28/h3-7,9,11,14-15,19,25,30-31H,8,10,12-13,16-18H2,1-2H3/t25-,26-/m0/s1. The van der Waals surface area contributed by atoms with Crippen LogP contribution >= 0.6 is 0 Å². The number of aliphatic hydroxyl groups is 2. The molecule has 8 heteroatoms. The van der Waals surface area contributed by atoms with Crippen molar-refractivity contribution in [3.05, 3.63) is 72.3 Å². The summed E-state index contributed by atoms with van der Waals surface area (Å²) in [5.74, 6) is 2.03. The number of methoxy groups -OCH3 is 1. The zero-order valence-corrected chi connectivity index (χ0v) is 19.8. The highest BCUT2D eigenvalue weighted by molar-refractivity contribution is 5.43. The molecule has 1 aliphatic rings. The van der Waals surface area contributed by atoms with Gasteiger partial charge in [-0.25, -0.2) is 4.98 Å². The van der Waals surface area contributed by atoms with Crippen molar-refractivity contribution in [3.8, 4) is 17.2 Å². The first-order chi connectivity index (χ1) is 16.4. The van der Waals surface area contributed by atoms with E-state index in [9.17, 15) is 10.2 Å². The van der Waals surface area contributed by atoms with Crippen LogP contribution in [0.1, 0.15) is 17.5 Å². The first-order valence-corrected chi connectivity index (χ1v) is 11.5. The van der Waals surface area contributed by atoms with Crippen LogP contribution in [0.3, 0.4) is 0 Å². The topological polar surface area (TPSA) is 89.2 Å². The minimum atomic E-state index is -1.35. The summed E-state index contributed by atoms with van der Waals surface area (Å²) < 4.78 is 19.2. The second kappa shape index (κ2) is 10.9. The zero-order chi connectivity index (χ0) is 24.0. The van der Waals surface area contributed by atoms with E-state index < -0.39 is 11.7 Å². The predicted molar refractivity (Wildman–Crippen MR) is 128 cm³/mol. The van der Waals surface area contributed by atoms with Crippen LogP contribution in [0, 0.1) is 6.92 Å². The van der Waals surface area contributed by atoms with E-state index in [1.807, 2.05) is 60.2 Å². The summed E-state index contributed by atoms with van der Waals surface area (Å²) in [4.78, 5) is 6.17. The monoisotopic (exact) mass is 467 g/mol. The van der Waals surface area contributed by atoms with Crippen molar-refractivity contribution in [3.63, 3.8) is 0 Å². The summed E-state index contributed by atoms with van der Waals surface area (Å²) in [5.41, 5.74) is 0.771. The van der Waals surface area contributed by atoms with Gasteiger partial charge in [-0.1, -0.05) is 18.2 Å². The van der Waals surface area contributed by atoms with Crippen molar-refractivity contribution in [2.24, 2.45) is 0 Å². The molecular formula is C26H33N3O5. The second-order valence-corrected chi connectivity index (χ2v) is 8.86. The zero-order valence-electron chi connectivity index (χ0n) is 19.8. The van der Waals surface area contributed by atoms with Gasteiger partial charge in [-0.2, -0.15) is 0 Å². The Morgan fingerprint density at radius 1 is 1.15 bits per heavy atom. The molecule has 1 saturated heterocycles. The second-order valence-electron chi connectivity index (χ2n) is 8.86. The average Bonchev–Trinajstić information content (AvgIpc) is 3.34. The fourth-order valence-corrected chi connectivity index (χ4v) is 4.21. The Balaban J connectivity index is 1.38. The van der Waals surface area contributed by atoms with Gasteiger partial charge >= 0.3 is 0 Å². The third kappa shape index (κ3) is 6.08. The highest BCUT2D eigenvalue weighted by Gasteiger charge is 2.42. The molecule has 0 radical (unpaired) electrons. The van der Waals surface area contributed by atoms with Crippen molar-refractivity contribution in [2.75, 3.05) is 33.4 Å². The maximum Gasteiger partial charge on any atom is 0.161 e. The lowest BCUT2D eigenvalue weighted by atomic mass is 9.90. The molecule has 0 saturated carbocycles. The van der Waals surface area contributed by atoms with E-state index in [1.54, 1.807) is 19.6 Å². The fourth-order valence-electron chi connectivity index (χ4n) is 4.21. The van der Waals surface area contributed by atoms with Gasteiger partial charge in [0.1, 0.15) is 24.6 Å².